The van der Waals surface area contributed by atoms with Crippen LogP contribution >= 0.6 is 11.3 Å². The maximum Gasteiger partial charge on any atom is 0.256 e. The molecule has 3 aromatic rings. The molecule has 0 saturated carbocycles. The van der Waals surface area contributed by atoms with Crippen molar-refractivity contribution >= 4 is 43.8 Å². The monoisotopic (exact) mass is 402 g/mol. The fourth-order valence-electron chi connectivity index (χ4n) is 2.21. The van der Waals surface area contributed by atoms with E-state index >= 15 is 0 Å². The van der Waals surface area contributed by atoms with Crippen LogP contribution in [-0.2, 0) is 14.6 Å². The van der Waals surface area contributed by atoms with Gasteiger partial charge < -0.3 is 10.6 Å². The summed E-state index contributed by atoms with van der Waals surface area (Å²) in [7, 11) is -3.86. The van der Waals surface area contributed by atoms with Gasteiger partial charge >= 0.3 is 0 Å². The molecule has 0 aliphatic heterocycles. The Morgan fingerprint density at radius 3 is 2.56 bits per heavy atom. The van der Waals surface area contributed by atoms with Gasteiger partial charge in [-0.05, 0) is 35.7 Å². The number of nitrogens with one attached hydrogen (secondary N) is 2. The van der Waals surface area contributed by atoms with Crippen LogP contribution < -0.4 is 10.6 Å². The molecular formula is C17H14N4O4S2. The number of amides is 2. The molecule has 27 heavy (non-hydrogen) atoms. The number of nitrogens with zero attached hydrogens (tertiary/aromatic N) is 2. The predicted molar refractivity (Wildman–Crippen MR) is 101 cm³/mol. The van der Waals surface area contributed by atoms with Gasteiger partial charge in [0.05, 0.1) is 0 Å². The lowest BCUT2D eigenvalue weighted by Gasteiger charge is -2.08. The van der Waals surface area contributed by atoms with Crippen molar-refractivity contribution in [2.75, 3.05) is 10.6 Å². The molecule has 10 heteroatoms. The SMILES string of the molecule is CC(=O)Nc1cc(C(=O)Nc2sccc2S(=O)(=O)c2ccccn2)ccn1. The van der Waals surface area contributed by atoms with Gasteiger partial charge in [-0.2, -0.15) is 0 Å². The lowest BCUT2D eigenvalue weighted by Crippen LogP contribution is -2.15. The van der Waals surface area contributed by atoms with E-state index in [-0.39, 0.29) is 32.2 Å². The second-order valence-corrected chi connectivity index (χ2v) is 8.13. The number of sulfone groups is 1. The molecule has 0 atom stereocenters. The average molecular weight is 402 g/mol. The van der Waals surface area contributed by atoms with Crippen LogP contribution in [-0.4, -0.2) is 30.2 Å². The summed E-state index contributed by atoms with van der Waals surface area (Å²) in [5, 5.41) is 6.73. The number of anilines is 2. The van der Waals surface area contributed by atoms with E-state index in [0.717, 1.165) is 11.3 Å². The highest BCUT2D eigenvalue weighted by atomic mass is 32.2. The molecule has 0 unspecified atom stereocenters. The summed E-state index contributed by atoms with van der Waals surface area (Å²) < 4.78 is 25.5. The molecule has 0 aliphatic rings. The topological polar surface area (TPSA) is 118 Å². The lowest BCUT2D eigenvalue weighted by molar-refractivity contribution is -0.114. The zero-order valence-corrected chi connectivity index (χ0v) is 15.7. The van der Waals surface area contributed by atoms with E-state index in [0.29, 0.717) is 0 Å². The Labute approximate surface area is 159 Å². The van der Waals surface area contributed by atoms with Gasteiger partial charge in [-0.3, -0.25) is 9.59 Å². The third kappa shape index (κ3) is 4.18. The van der Waals surface area contributed by atoms with Crippen LogP contribution in [0, 0.1) is 0 Å². The van der Waals surface area contributed by atoms with Gasteiger partial charge in [-0.25, -0.2) is 18.4 Å². The van der Waals surface area contributed by atoms with E-state index in [4.69, 9.17) is 0 Å². The van der Waals surface area contributed by atoms with Gasteiger partial charge in [0.1, 0.15) is 15.7 Å². The van der Waals surface area contributed by atoms with Crippen molar-refractivity contribution < 1.29 is 18.0 Å². The van der Waals surface area contributed by atoms with Crippen molar-refractivity contribution in [3.63, 3.8) is 0 Å². The van der Waals surface area contributed by atoms with Crippen molar-refractivity contribution in [2.45, 2.75) is 16.8 Å². The molecule has 2 N–H and O–H groups in total. The summed E-state index contributed by atoms with van der Waals surface area (Å²) in [6, 6.07) is 8.86. The largest absolute Gasteiger partial charge is 0.312 e. The molecule has 3 rings (SSSR count). The minimum Gasteiger partial charge on any atom is -0.312 e. The van der Waals surface area contributed by atoms with Crippen LogP contribution in [0.25, 0.3) is 0 Å². The van der Waals surface area contributed by atoms with Crippen LogP contribution in [0.5, 0.6) is 0 Å². The second-order valence-electron chi connectivity index (χ2n) is 5.35. The van der Waals surface area contributed by atoms with Gasteiger partial charge in [-0.1, -0.05) is 6.07 Å². The number of thiophene rings is 1. The molecule has 0 fully saturated rings. The second kappa shape index (κ2) is 7.64. The number of aromatic nitrogens is 2. The maximum absolute atomic E-state index is 12.7. The molecule has 0 saturated heterocycles. The Bertz CT molecular complexity index is 1090. The van der Waals surface area contributed by atoms with Gasteiger partial charge in [0.15, 0.2) is 5.03 Å². The number of hydrogen-bond donors (Lipinski definition) is 2. The molecule has 3 heterocycles. The molecule has 138 valence electrons. The Hall–Kier alpha value is -3.11. The van der Waals surface area contributed by atoms with Crippen molar-refractivity contribution in [3.8, 4) is 0 Å². The fourth-order valence-corrected chi connectivity index (χ4v) is 4.68. The summed E-state index contributed by atoms with van der Waals surface area (Å²) in [6.45, 7) is 1.33. The quantitative estimate of drug-likeness (QED) is 0.677. The highest BCUT2D eigenvalue weighted by Gasteiger charge is 2.24. The zero-order chi connectivity index (χ0) is 19.4. The van der Waals surface area contributed by atoms with E-state index in [9.17, 15) is 18.0 Å². The van der Waals surface area contributed by atoms with Gasteiger partial charge in [-0.15, -0.1) is 11.3 Å². The Morgan fingerprint density at radius 2 is 1.85 bits per heavy atom. The van der Waals surface area contributed by atoms with E-state index in [2.05, 4.69) is 20.6 Å². The highest BCUT2D eigenvalue weighted by Crippen LogP contribution is 2.32. The lowest BCUT2D eigenvalue weighted by atomic mass is 10.2. The number of carbonyl (C=O) groups excluding carboxylic acids is 2. The van der Waals surface area contributed by atoms with Crippen LogP contribution in [0.15, 0.2) is 64.1 Å². The smallest absolute Gasteiger partial charge is 0.256 e. The number of carbonyl (C=O) groups is 2. The average Bonchev–Trinajstić information content (AvgIpc) is 3.11. The molecular weight excluding hydrogens is 388 g/mol. The van der Waals surface area contributed by atoms with E-state index in [1.54, 1.807) is 17.5 Å². The van der Waals surface area contributed by atoms with E-state index in [1.807, 2.05) is 0 Å². The normalized spacial score (nSPS) is 11.0. The third-order valence-electron chi connectivity index (χ3n) is 3.38. The van der Waals surface area contributed by atoms with Gasteiger partial charge in [0, 0.05) is 24.9 Å². The minimum absolute atomic E-state index is 0.0318. The zero-order valence-electron chi connectivity index (χ0n) is 14.0. The molecule has 0 spiro atoms. The predicted octanol–water partition coefficient (Wildman–Crippen LogP) is 2.58. The first-order valence-corrected chi connectivity index (χ1v) is 10.0. The van der Waals surface area contributed by atoms with E-state index < -0.39 is 15.7 Å². The van der Waals surface area contributed by atoms with Crippen LogP contribution in [0.2, 0.25) is 0 Å². The number of pyridine rings is 2. The van der Waals surface area contributed by atoms with Crippen LogP contribution in [0.1, 0.15) is 17.3 Å². The van der Waals surface area contributed by atoms with Crippen molar-refractivity contribution in [2.24, 2.45) is 0 Å². The maximum atomic E-state index is 12.7. The summed E-state index contributed by atoms with van der Waals surface area (Å²) in [6.07, 6.45) is 2.76. The summed E-state index contributed by atoms with van der Waals surface area (Å²) in [5.74, 6) is -0.617. The van der Waals surface area contributed by atoms with Crippen molar-refractivity contribution in [1.29, 1.82) is 0 Å². The third-order valence-corrected chi connectivity index (χ3v) is 6.06. The van der Waals surface area contributed by atoms with Gasteiger partial charge in [0.2, 0.25) is 15.7 Å². The molecule has 0 aliphatic carbocycles. The molecule has 0 bridgehead atoms. The standard InChI is InChI=1S/C17H14N4O4S2/c1-11(22)20-14-10-12(5-8-18-14)16(23)21-17-13(6-9-26-17)27(24,25)15-4-2-3-7-19-15/h2-10H,1H3,(H,21,23)(H,18,20,22). The first-order valence-electron chi connectivity index (χ1n) is 7.66. The van der Waals surface area contributed by atoms with E-state index in [1.165, 1.54) is 43.6 Å². The fraction of sp³-hybridized carbons (Fsp3) is 0.0588. The number of hydrogen-bond acceptors (Lipinski definition) is 7. The summed E-state index contributed by atoms with van der Waals surface area (Å²) in [5.41, 5.74) is 0.225. The number of rotatable bonds is 5. The molecule has 3 aromatic heterocycles. The van der Waals surface area contributed by atoms with Crippen LogP contribution in [0.4, 0.5) is 10.8 Å². The molecule has 0 aromatic carbocycles. The van der Waals surface area contributed by atoms with Crippen molar-refractivity contribution in [1.82, 2.24) is 9.97 Å². The Morgan fingerprint density at radius 1 is 1.04 bits per heavy atom. The minimum atomic E-state index is -3.86. The van der Waals surface area contributed by atoms with Crippen LogP contribution in [0.3, 0.4) is 0 Å². The summed E-state index contributed by atoms with van der Waals surface area (Å²) in [4.78, 5) is 31.4. The highest BCUT2D eigenvalue weighted by molar-refractivity contribution is 7.91. The Balaban J connectivity index is 1.87. The summed E-state index contributed by atoms with van der Waals surface area (Å²) >= 11 is 1.08. The van der Waals surface area contributed by atoms with Crippen molar-refractivity contribution in [3.05, 3.63) is 59.7 Å². The van der Waals surface area contributed by atoms with Gasteiger partial charge in [0.25, 0.3) is 5.91 Å². The first-order chi connectivity index (χ1) is 12.9. The molecule has 2 amide bonds. The molecule has 0 radical (unpaired) electrons. The Kier molecular flexibility index (Phi) is 5.28. The first kappa shape index (κ1) is 18.7. The molecule has 8 nitrogen and oxygen atoms in total.